The van der Waals surface area contributed by atoms with Gasteiger partial charge in [0.15, 0.2) is 0 Å². The summed E-state index contributed by atoms with van der Waals surface area (Å²) in [4.78, 5) is 4.79. The van der Waals surface area contributed by atoms with Crippen molar-refractivity contribution >= 4 is 0 Å². The van der Waals surface area contributed by atoms with Crippen LogP contribution in [0, 0.1) is 0 Å². The summed E-state index contributed by atoms with van der Waals surface area (Å²) in [5.41, 5.74) is 1.19. The fraction of sp³-hybridized carbons (Fsp3) is 0.529. The van der Waals surface area contributed by atoms with Crippen LogP contribution in [0.15, 0.2) is 34.7 Å². The fourth-order valence-electron chi connectivity index (χ4n) is 2.78. The van der Waals surface area contributed by atoms with Crippen LogP contribution >= 0.6 is 0 Å². The van der Waals surface area contributed by atoms with Crippen LogP contribution in [0.4, 0.5) is 0 Å². The zero-order valence-electron chi connectivity index (χ0n) is 13.6. The highest BCUT2D eigenvalue weighted by Gasteiger charge is 2.18. The van der Waals surface area contributed by atoms with Crippen LogP contribution in [0.2, 0.25) is 0 Å². The molecule has 0 aliphatic carbocycles. The van der Waals surface area contributed by atoms with Crippen molar-refractivity contribution in [1.82, 2.24) is 20.0 Å². The lowest BCUT2D eigenvalue weighted by Gasteiger charge is -2.33. The summed E-state index contributed by atoms with van der Waals surface area (Å²) < 4.78 is 10.9. The quantitative estimate of drug-likeness (QED) is 0.770. The van der Waals surface area contributed by atoms with E-state index in [1.807, 2.05) is 18.2 Å². The van der Waals surface area contributed by atoms with Crippen molar-refractivity contribution in [2.45, 2.75) is 13.0 Å². The first-order valence-corrected chi connectivity index (χ1v) is 8.12. The Hall–Kier alpha value is -1.76. The van der Waals surface area contributed by atoms with Crippen LogP contribution in [0.25, 0.3) is 0 Å². The molecule has 0 N–H and O–H groups in total. The predicted molar refractivity (Wildman–Crippen MR) is 87.1 cm³/mol. The third-order valence-corrected chi connectivity index (χ3v) is 4.14. The standard InChI is InChI=1S/C17H24N4O2/c1-22-12-11-20-7-9-21(10-8-20)14-17-19-18-16(23-17)13-15-5-3-2-4-6-15/h2-6H,7-14H2,1H3. The molecular formula is C17H24N4O2. The molecule has 2 aromatic rings. The van der Waals surface area contributed by atoms with Gasteiger partial charge in [-0.15, -0.1) is 10.2 Å². The first-order valence-electron chi connectivity index (χ1n) is 8.12. The highest BCUT2D eigenvalue weighted by molar-refractivity contribution is 5.17. The Morgan fingerprint density at radius 3 is 2.43 bits per heavy atom. The highest BCUT2D eigenvalue weighted by Crippen LogP contribution is 2.11. The molecule has 1 aromatic heterocycles. The van der Waals surface area contributed by atoms with E-state index >= 15 is 0 Å². The summed E-state index contributed by atoms with van der Waals surface area (Å²) in [5.74, 6) is 1.39. The number of nitrogens with zero attached hydrogens (tertiary/aromatic N) is 4. The van der Waals surface area contributed by atoms with Gasteiger partial charge in [-0.25, -0.2) is 0 Å². The van der Waals surface area contributed by atoms with Gasteiger partial charge in [0, 0.05) is 39.8 Å². The average Bonchev–Trinajstić information content (AvgIpc) is 3.02. The molecule has 0 atom stereocenters. The minimum Gasteiger partial charge on any atom is -0.424 e. The molecule has 6 heteroatoms. The second-order valence-electron chi connectivity index (χ2n) is 5.86. The smallest absolute Gasteiger partial charge is 0.230 e. The van der Waals surface area contributed by atoms with Crippen LogP contribution in [0.5, 0.6) is 0 Å². The molecule has 1 aliphatic rings. The Labute approximate surface area is 137 Å². The summed E-state index contributed by atoms with van der Waals surface area (Å²) in [6.45, 7) is 6.72. The fourth-order valence-corrected chi connectivity index (χ4v) is 2.78. The molecule has 1 aromatic carbocycles. The molecule has 0 spiro atoms. The van der Waals surface area contributed by atoms with Crippen molar-refractivity contribution in [2.75, 3.05) is 46.4 Å². The normalized spacial score (nSPS) is 16.7. The number of hydrogen-bond donors (Lipinski definition) is 0. The molecule has 1 saturated heterocycles. The lowest BCUT2D eigenvalue weighted by atomic mass is 10.2. The van der Waals surface area contributed by atoms with Crippen LogP contribution in [-0.2, 0) is 17.7 Å². The molecule has 6 nitrogen and oxygen atoms in total. The van der Waals surface area contributed by atoms with Crippen molar-refractivity contribution in [3.63, 3.8) is 0 Å². The van der Waals surface area contributed by atoms with Crippen LogP contribution in [-0.4, -0.2) is 66.4 Å². The minimum absolute atomic E-state index is 0.685. The number of ether oxygens (including phenoxy) is 1. The zero-order chi connectivity index (χ0) is 15.9. The van der Waals surface area contributed by atoms with Gasteiger partial charge in [-0.2, -0.15) is 0 Å². The van der Waals surface area contributed by atoms with Gasteiger partial charge in [0.05, 0.1) is 19.6 Å². The molecule has 0 bridgehead atoms. The van der Waals surface area contributed by atoms with Gasteiger partial charge in [-0.05, 0) is 5.56 Å². The van der Waals surface area contributed by atoms with E-state index in [0.29, 0.717) is 18.2 Å². The van der Waals surface area contributed by atoms with Crippen LogP contribution in [0.3, 0.4) is 0 Å². The van der Waals surface area contributed by atoms with Crippen molar-refractivity contribution in [3.8, 4) is 0 Å². The second kappa shape index (κ2) is 8.19. The SMILES string of the molecule is COCCN1CCN(Cc2nnc(Cc3ccccc3)o2)CC1. The largest absolute Gasteiger partial charge is 0.424 e. The van der Waals surface area contributed by atoms with E-state index in [4.69, 9.17) is 9.15 Å². The monoisotopic (exact) mass is 316 g/mol. The summed E-state index contributed by atoms with van der Waals surface area (Å²) in [6, 6.07) is 10.2. The van der Waals surface area contributed by atoms with Crippen molar-refractivity contribution in [1.29, 1.82) is 0 Å². The molecule has 1 aliphatic heterocycles. The number of hydrogen-bond acceptors (Lipinski definition) is 6. The van der Waals surface area contributed by atoms with Gasteiger partial charge in [-0.3, -0.25) is 9.80 Å². The van der Waals surface area contributed by atoms with Crippen molar-refractivity contribution in [3.05, 3.63) is 47.7 Å². The number of aromatic nitrogens is 2. The molecule has 0 radical (unpaired) electrons. The maximum absolute atomic E-state index is 5.78. The lowest BCUT2D eigenvalue weighted by Crippen LogP contribution is -2.46. The Bertz CT molecular complexity index is 579. The molecule has 2 heterocycles. The molecule has 23 heavy (non-hydrogen) atoms. The van der Waals surface area contributed by atoms with Gasteiger partial charge in [0.2, 0.25) is 11.8 Å². The van der Waals surface area contributed by atoms with Gasteiger partial charge in [0.25, 0.3) is 0 Å². The van der Waals surface area contributed by atoms with E-state index < -0.39 is 0 Å². The molecule has 1 fully saturated rings. The number of methoxy groups -OCH3 is 1. The van der Waals surface area contributed by atoms with E-state index in [1.54, 1.807) is 7.11 Å². The predicted octanol–water partition coefficient (Wildman–Crippen LogP) is 1.42. The Balaban J connectivity index is 1.46. The summed E-state index contributed by atoms with van der Waals surface area (Å²) in [7, 11) is 1.75. The summed E-state index contributed by atoms with van der Waals surface area (Å²) in [5, 5.41) is 8.35. The topological polar surface area (TPSA) is 54.6 Å². The van der Waals surface area contributed by atoms with Crippen molar-refractivity contribution in [2.24, 2.45) is 0 Å². The summed E-state index contributed by atoms with van der Waals surface area (Å²) in [6.07, 6.45) is 0.693. The molecule has 0 unspecified atom stereocenters. The molecule has 3 rings (SSSR count). The third kappa shape index (κ3) is 4.86. The molecule has 0 saturated carbocycles. The number of piperazine rings is 1. The van der Waals surface area contributed by atoms with E-state index in [-0.39, 0.29) is 0 Å². The maximum Gasteiger partial charge on any atom is 0.230 e. The van der Waals surface area contributed by atoms with Crippen molar-refractivity contribution < 1.29 is 9.15 Å². The molecule has 0 amide bonds. The Kier molecular flexibility index (Phi) is 5.74. The third-order valence-electron chi connectivity index (χ3n) is 4.14. The average molecular weight is 316 g/mol. The Morgan fingerprint density at radius 1 is 1.00 bits per heavy atom. The summed E-state index contributed by atoms with van der Waals surface area (Å²) >= 11 is 0. The maximum atomic E-state index is 5.78. The first-order chi connectivity index (χ1) is 11.3. The van der Waals surface area contributed by atoms with Gasteiger partial charge < -0.3 is 9.15 Å². The van der Waals surface area contributed by atoms with E-state index in [1.165, 1.54) is 5.56 Å². The second-order valence-corrected chi connectivity index (χ2v) is 5.86. The minimum atomic E-state index is 0.685. The van der Waals surface area contributed by atoms with Gasteiger partial charge in [-0.1, -0.05) is 30.3 Å². The molecular weight excluding hydrogens is 292 g/mol. The molecule has 124 valence electrons. The van der Waals surface area contributed by atoms with Crippen LogP contribution in [0.1, 0.15) is 17.3 Å². The number of benzene rings is 1. The Morgan fingerprint density at radius 2 is 1.70 bits per heavy atom. The number of rotatable bonds is 7. The van der Waals surface area contributed by atoms with E-state index in [0.717, 1.165) is 45.9 Å². The first kappa shape index (κ1) is 16.1. The van der Waals surface area contributed by atoms with E-state index in [9.17, 15) is 0 Å². The van der Waals surface area contributed by atoms with Crippen LogP contribution < -0.4 is 0 Å². The zero-order valence-corrected chi connectivity index (χ0v) is 13.6. The highest BCUT2D eigenvalue weighted by atomic mass is 16.5. The van der Waals surface area contributed by atoms with Gasteiger partial charge in [0.1, 0.15) is 0 Å². The van der Waals surface area contributed by atoms with E-state index in [2.05, 4.69) is 32.1 Å². The van der Waals surface area contributed by atoms with Gasteiger partial charge >= 0.3 is 0 Å². The lowest BCUT2D eigenvalue weighted by molar-refractivity contribution is 0.0894.